The molecule has 2 saturated heterocycles. The lowest BCUT2D eigenvalue weighted by molar-refractivity contribution is 0.141. The van der Waals surface area contributed by atoms with E-state index in [9.17, 15) is 0 Å². The monoisotopic (exact) mass is 347 g/mol. The Labute approximate surface area is 152 Å². The van der Waals surface area contributed by atoms with Crippen molar-refractivity contribution in [3.05, 3.63) is 24.3 Å². The Hall–Kier alpha value is -1.30. The van der Waals surface area contributed by atoms with Crippen molar-refractivity contribution in [1.29, 1.82) is 0 Å². The second kappa shape index (κ2) is 8.39. The van der Waals surface area contributed by atoms with E-state index in [0.717, 1.165) is 58.0 Å². The average molecular weight is 348 g/mol. The van der Waals surface area contributed by atoms with Gasteiger partial charge in [0.1, 0.15) is 11.9 Å². The number of piperazine rings is 1. The number of hydrogen-bond acceptors (Lipinski definition) is 5. The Morgan fingerprint density at radius 1 is 1.12 bits per heavy atom. The van der Waals surface area contributed by atoms with Gasteiger partial charge in [0.15, 0.2) is 0 Å². The van der Waals surface area contributed by atoms with E-state index >= 15 is 0 Å². The van der Waals surface area contributed by atoms with E-state index in [1.54, 1.807) is 0 Å². The molecule has 1 atom stereocenters. The van der Waals surface area contributed by atoms with Crippen LogP contribution >= 0.6 is 0 Å². The number of nitrogens with one attached hydrogen (secondary N) is 1. The Balaban J connectivity index is 1.41. The molecule has 1 aromatic rings. The Kier molecular flexibility index (Phi) is 6.20. The number of rotatable bonds is 6. The number of anilines is 1. The Morgan fingerprint density at radius 2 is 1.84 bits per heavy atom. The van der Waals surface area contributed by atoms with Gasteiger partial charge in [-0.05, 0) is 45.0 Å². The molecule has 2 aliphatic rings. The first kappa shape index (κ1) is 18.5. The van der Waals surface area contributed by atoms with Gasteiger partial charge in [0.05, 0.1) is 13.2 Å². The molecule has 0 saturated carbocycles. The highest BCUT2D eigenvalue weighted by molar-refractivity contribution is 5.49. The summed E-state index contributed by atoms with van der Waals surface area (Å²) in [6, 6.07) is 8.55. The molecule has 0 aliphatic carbocycles. The molecular weight excluding hydrogens is 314 g/mol. The largest absolute Gasteiger partial charge is 0.488 e. The topological polar surface area (TPSA) is 37.0 Å². The average Bonchev–Trinajstić information content (AvgIpc) is 3.08. The maximum absolute atomic E-state index is 5.95. The van der Waals surface area contributed by atoms with Crippen LogP contribution in [0.25, 0.3) is 0 Å². The third kappa shape index (κ3) is 5.87. The third-order valence-corrected chi connectivity index (χ3v) is 4.85. The van der Waals surface area contributed by atoms with Crippen LogP contribution in [0.5, 0.6) is 5.75 Å². The highest BCUT2D eigenvalue weighted by Crippen LogP contribution is 2.22. The van der Waals surface area contributed by atoms with Gasteiger partial charge >= 0.3 is 0 Å². The lowest BCUT2D eigenvalue weighted by Crippen LogP contribution is -2.49. The van der Waals surface area contributed by atoms with Crippen LogP contribution in [-0.4, -0.2) is 69.0 Å². The van der Waals surface area contributed by atoms with E-state index < -0.39 is 0 Å². The first-order chi connectivity index (χ1) is 12.0. The summed E-state index contributed by atoms with van der Waals surface area (Å²) in [5, 5.41) is 3.57. The molecule has 0 amide bonds. The summed E-state index contributed by atoms with van der Waals surface area (Å²) in [7, 11) is 0. The summed E-state index contributed by atoms with van der Waals surface area (Å²) in [4.78, 5) is 5.02. The summed E-state index contributed by atoms with van der Waals surface area (Å²) in [6.45, 7) is 14.8. The summed E-state index contributed by atoms with van der Waals surface area (Å²) in [6.07, 6.45) is 1.21. The van der Waals surface area contributed by atoms with Gasteiger partial charge in [0, 0.05) is 56.9 Å². The van der Waals surface area contributed by atoms with Gasteiger partial charge in [-0.3, -0.25) is 4.90 Å². The highest BCUT2D eigenvalue weighted by Gasteiger charge is 2.19. The van der Waals surface area contributed by atoms with Gasteiger partial charge in [0.2, 0.25) is 0 Å². The van der Waals surface area contributed by atoms with Crippen molar-refractivity contribution < 1.29 is 9.47 Å². The molecular formula is C20H33N3O2. The normalized spacial score (nSPS) is 22.4. The van der Waals surface area contributed by atoms with Crippen molar-refractivity contribution >= 4 is 5.69 Å². The van der Waals surface area contributed by atoms with Gasteiger partial charge in [-0.15, -0.1) is 0 Å². The van der Waals surface area contributed by atoms with Gasteiger partial charge in [0.25, 0.3) is 0 Å². The summed E-state index contributed by atoms with van der Waals surface area (Å²) in [5.41, 5.74) is 1.50. The minimum absolute atomic E-state index is 0.205. The van der Waals surface area contributed by atoms with Crippen LogP contribution in [-0.2, 0) is 4.74 Å². The Morgan fingerprint density at radius 3 is 2.44 bits per heavy atom. The zero-order valence-electron chi connectivity index (χ0n) is 16.0. The molecule has 0 aromatic heterocycles. The van der Waals surface area contributed by atoms with E-state index in [1.165, 1.54) is 5.69 Å². The molecule has 3 rings (SSSR count). The van der Waals surface area contributed by atoms with Crippen molar-refractivity contribution in [2.75, 3.05) is 57.4 Å². The van der Waals surface area contributed by atoms with Crippen LogP contribution in [0.1, 0.15) is 27.2 Å². The molecule has 5 nitrogen and oxygen atoms in total. The van der Waals surface area contributed by atoms with Crippen molar-refractivity contribution in [2.24, 2.45) is 0 Å². The molecule has 0 radical (unpaired) electrons. The highest BCUT2D eigenvalue weighted by atomic mass is 16.5. The fourth-order valence-electron chi connectivity index (χ4n) is 3.35. The van der Waals surface area contributed by atoms with Crippen molar-refractivity contribution in [2.45, 2.75) is 38.8 Å². The minimum Gasteiger partial charge on any atom is -0.488 e. The molecule has 1 N–H and O–H groups in total. The molecule has 1 aromatic carbocycles. The number of benzene rings is 1. The standard InChI is InChI=1S/C20H33N3O2/c1-20(2,3)21-9-10-22-11-13-23(14-12-22)17-4-6-18(7-5-17)25-19-8-15-24-16-19/h4-7,19,21H,8-16H2,1-3H3/t19-/m1/s1. The number of nitrogens with zero attached hydrogens (tertiary/aromatic N) is 2. The van der Waals surface area contributed by atoms with E-state index in [4.69, 9.17) is 9.47 Å². The fourth-order valence-corrected chi connectivity index (χ4v) is 3.35. The lowest BCUT2D eigenvalue weighted by atomic mass is 10.1. The number of hydrogen-bond donors (Lipinski definition) is 1. The molecule has 140 valence electrons. The first-order valence-electron chi connectivity index (χ1n) is 9.56. The molecule has 5 heteroatoms. The Bertz CT molecular complexity index is 513. The first-order valence-corrected chi connectivity index (χ1v) is 9.56. The second-order valence-electron chi connectivity index (χ2n) is 8.10. The molecule has 0 bridgehead atoms. The van der Waals surface area contributed by atoms with Crippen LogP contribution in [0.4, 0.5) is 5.69 Å². The SMILES string of the molecule is CC(C)(C)NCCN1CCN(c2ccc(O[C@@H]3CCOC3)cc2)CC1. The maximum Gasteiger partial charge on any atom is 0.124 e. The van der Waals surface area contributed by atoms with Gasteiger partial charge in [-0.2, -0.15) is 0 Å². The zero-order chi connectivity index (χ0) is 17.7. The predicted octanol–water partition coefficient (Wildman–Crippen LogP) is 2.36. The van der Waals surface area contributed by atoms with Gasteiger partial charge in [-0.1, -0.05) is 0 Å². The van der Waals surface area contributed by atoms with E-state index in [2.05, 4.69) is 60.2 Å². The summed E-state index contributed by atoms with van der Waals surface area (Å²) < 4.78 is 11.3. The van der Waals surface area contributed by atoms with Gasteiger partial charge in [-0.25, -0.2) is 0 Å². The van der Waals surface area contributed by atoms with Crippen molar-refractivity contribution in [3.63, 3.8) is 0 Å². The van der Waals surface area contributed by atoms with Crippen LogP contribution in [0.3, 0.4) is 0 Å². The molecule has 2 aliphatic heterocycles. The zero-order valence-corrected chi connectivity index (χ0v) is 16.0. The van der Waals surface area contributed by atoms with Crippen LogP contribution < -0.4 is 15.0 Å². The molecule has 0 unspecified atom stereocenters. The lowest BCUT2D eigenvalue weighted by Gasteiger charge is -2.36. The number of ether oxygens (including phenoxy) is 2. The van der Waals surface area contributed by atoms with E-state index in [-0.39, 0.29) is 11.6 Å². The quantitative estimate of drug-likeness (QED) is 0.855. The smallest absolute Gasteiger partial charge is 0.124 e. The molecule has 0 spiro atoms. The summed E-state index contributed by atoms with van der Waals surface area (Å²) >= 11 is 0. The second-order valence-corrected chi connectivity index (χ2v) is 8.10. The van der Waals surface area contributed by atoms with Gasteiger partial charge < -0.3 is 19.7 Å². The molecule has 2 heterocycles. The fraction of sp³-hybridized carbons (Fsp3) is 0.700. The molecule has 2 fully saturated rings. The predicted molar refractivity (Wildman–Crippen MR) is 103 cm³/mol. The van der Waals surface area contributed by atoms with E-state index in [1.807, 2.05) is 0 Å². The van der Waals surface area contributed by atoms with E-state index in [0.29, 0.717) is 6.61 Å². The van der Waals surface area contributed by atoms with Crippen LogP contribution in [0.2, 0.25) is 0 Å². The summed E-state index contributed by atoms with van der Waals surface area (Å²) in [5.74, 6) is 0.950. The van der Waals surface area contributed by atoms with Crippen molar-refractivity contribution in [3.8, 4) is 5.75 Å². The minimum atomic E-state index is 0.205. The van der Waals surface area contributed by atoms with Crippen LogP contribution in [0.15, 0.2) is 24.3 Å². The third-order valence-electron chi connectivity index (χ3n) is 4.85. The van der Waals surface area contributed by atoms with Crippen molar-refractivity contribution in [1.82, 2.24) is 10.2 Å². The molecule has 25 heavy (non-hydrogen) atoms. The maximum atomic E-state index is 5.95. The van der Waals surface area contributed by atoms with Crippen LogP contribution in [0, 0.1) is 0 Å².